The first-order valence-electron chi connectivity index (χ1n) is 5.12. The molecule has 1 aromatic rings. The van der Waals surface area contributed by atoms with Gasteiger partial charge in [0.05, 0.1) is 21.1 Å². The van der Waals surface area contributed by atoms with Crippen LogP contribution < -0.4 is 33.2 Å². The lowest BCUT2D eigenvalue weighted by atomic mass is 10.2. The van der Waals surface area contributed by atoms with Gasteiger partial charge in [0.2, 0.25) is 0 Å². The van der Waals surface area contributed by atoms with Crippen LogP contribution >= 0.6 is 0 Å². The van der Waals surface area contributed by atoms with Crippen LogP contribution in [0.1, 0.15) is 0 Å². The minimum absolute atomic E-state index is 0. The Morgan fingerprint density at radius 3 is 2.29 bits per heavy atom. The summed E-state index contributed by atoms with van der Waals surface area (Å²) in [6.45, 7) is 0. The first kappa shape index (κ1) is 16.2. The molecule has 0 fully saturated rings. The number of carbonyl (C=O) groups is 1. The van der Waals surface area contributed by atoms with Crippen LogP contribution in [-0.4, -0.2) is 46.2 Å². The maximum Gasteiger partial charge on any atom is 0.414 e. The molecule has 0 saturated heterocycles. The van der Waals surface area contributed by atoms with Gasteiger partial charge in [-0.2, -0.15) is 0 Å². The molecule has 0 spiro atoms. The topological polar surface area (TPSA) is 29.5 Å². The summed E-state index contributed by atoms with van der Waals surface area (Å²) in [5, 5.41) is 0. The highest BCUT2D eigenvalue weighted by molar-refractivity contribution is 5.70. The number of rotatable bonds is 2. The van der Waals surface area contributed by atoms with Crippen LogP contribution in [0.25, 0.3) is 0 Å². The summed E-state index contributed by atoms with van der Waals surface area (Å²) in [6, 6.07) is 7.55. The van der Waals surface area contributed by atoms with Crippen LogP contribution in [0.3, 0.4) is 0 Å². The highest BCUT2D eigenvalue weighted by atomic mass is 127. The average Bonchev–Trinajstić information content (AvgIpc) is 2.16. The van der Waals surface area contributed by atoms with Crippen molar-refractivity contribution in [2.75, 3.05) is 35.2 Å². The van der Waals surface area contributed by atoms with Gasteiger partial charge in [-0.25, -0.2) is 4.79 Å². The zero-order valence-electron chi connectivity index (χ0n) is 10.9. The second-order valence-electron chi connectivity index (χ2n) is 4.77. The van der Waals surface area contributed by atoms with E-state index in [4.69, 9.17) is 4.74 Å². The predicted molar refractivity (Wildman–Crippen MR) is 65.7 cm³/mol. The van der Waals surface area contributed by atoms with Crippen LogP contribution in [0.4, 0.5) is 10.5 Å². The third-order valence-corrected chi connectivity index (χ3v) is 2.16. The molecule has 0 aliphatic carbocycles. The number of quaternary nitrogens is 1. The van der Waals surface area contributed by atoms with Gasteiger partial charge in [0.15, 0.2) is 0 Å². The molecule has 1 aromatic carbocycles. The van der Waals surface area contributed by atoms with E-state index in [-0.39, 0.29) is 30.1 Å². The van der Waals surface area contributed by atoms with E-state index in [1.807, 2.05) is 18.2 Å². The van der Waals surface area contributed by atoms with Crippen LogP contribution in [0.15, 0.2) is 24.3 Å². The van der Waals surface area contributed by atoms with Gasteiger partial charge in [-0.05, 0) is 12.1 Å². The Balaban J connectivity index is 0.00000256. The van der Waals surface area contributed by atoms with Crippen LogP contribution in [0.5, 0.6) is 5.75 Å². The molecule has 0 N–H and O–H groups in total. The van der Waals surface area contributed by atoms with Crippen molar-refractivity contribution in [2.24, 2.45) is 0 Å². The van der Waals surface area contributed by atoms with Crippen LogP contribution in [0, 0.1) is 0 Å². The third-order valence-electron chi connectivity index (χ3n) is 2.16. The van der Waals surface area contributed by atoms with E-state index in [1.165, 1.54) is 4.90 Å². The first-order valence-corrected chi connectivity index (χ1v) is 5.12. The summed E-state index contributed by atoms with van der Waals surface area (Å²) in [6.07, 6.45) is -0.362. The summed E-state index contributed by atoms with van der Waals surface area (Å²) in [4.78, 5) is 12.8. The average molecular weight is 350 g/mol. The zero-order valence-corrected chi connectivity index (χ0v) is 13.1. The fourth-order valence-electron chi connectivity index (χ4n) is 1.16. The second kappa shape index (κ2) is 6.20. The standard InChI is InChI=1S/C12H19N2O2.HI/c1-13(2)12(15)16-11-8-6-7-10(9-11)14(3,4)5;/h6-9H,1-5H3;1H/q+1;/p-1. The van der Waals surface area contributed by atoms with Crippen LogP contribution in [0.2, 0.25) is 0 Å². The number of hydrogen-bond donors (Lipinski definition) is 0. The third kappa shape index (κ3) is 4.91. The van der Waals surface area contributed by atoms with Gasteiger partial charge in [-0.3, -0.25) is 4.48 Å². The number of carbonyl (C=O) groups excluding carboxylic acids is 1. The summed E-state index contributed by atoms with van der Waals surface area (Å²) >= 11 is 0. The highest BCUT2D eigenvalue weighted by Gasteiger charge is 2.14. The number of ether oxygens (including phenoxy) is 1. The Labute approximate surface area is 120 Å². The Hall–Kier alpha value is -0.820. The molecular weight excluding hydrogens is 331 g/mol. The molecule has 4 nitrogen and oxygen atoms in total. The van der Waals surface area contributed by atoms with Gasteiger partial charge >= 0.3 is 6.09 Å². The van der Waals surface area contributed by atoms with Crippen molar-refractivity contribution >= 4 is 11.8 Å². The van der Waals surface area contributed by atoms with Crippen molar-refractivity contribution in [1.29, 1.82) is 0 Å². The number of halogens is 1. The Bertz CT molecular complexity index is 386. The molecule has 0 heterocycles. The Morgan fingerprint density at radius 1 is 1.24 bits per heavy atom. The second-order valence-corrected chi connectivity index (χ2v) is 4.77. The molecule has 5 heteroatoms. The number of benzene rings is 1. The summed E-state index contributed by atoms with van der Waals surface area (Å²) < 4.78 is 5.88. The minimum Gasteiger partial charge on any atom is -1.00 e. The predicted octanol–water partition coefficient (Wildman–Crippen LogP) is -1.05. The molecule has 0 aromatic heterocycles. The normalized spacial score (nSPS) is 10.4. The fourth-order valence-corrected chi connectivity index (χ4v) is 1.16. The molecule has 0 aliphatic heterocycles. The highest BCUT2D eigenvalue weighted by Crippen LogP contribution is 2.22. The first-order chi connectivity index (χ1) is 7.30. The van der Waals surface area contributed by atoms with Crippen LogP contribution in [-0.2, 0) is 0 Å². The zero-order chi connectivity index (χ0) is 12.3. The number of hydrogen-bond acceptors (Lipinski definition) is 2. The van der Waals surface area contributed by atoms with Gasteiger partial charge in [0.1, 0.15) is 11.4 Å². The van der Waals surface area contributed by atoms with E-state index in [1.54, 1.807) is 20.2 Å². The van der Waals surface area contributed by atoms with Crippen molar-refractivity contribution in [1.82, 2.24) is 9.38 Å². The van der Waals surface area contributed by atoms with E-state index in [0.717, 1.165) is 5.69 Å². The monoisotopic (exact) mass is 350 g/mol. The minimum atomic E-state index is -0.362. The van der Waals surface area contributed by atoms with Crippen molar-refractivity contribution < 1.29 is 33.5 Å². The van der Waals surface area contributed by atoms with E-state index >= 15 is 0 Å². The van der Waals surface area contributed by atoms with Gasteiger partial charge in [0, 0.05) is 20.2 Å². The Morgan fingerprint density at radius 2 is 1.82 bits per heavy atom. The lowest BCUT2D eigenvalue weighted by Crippen LogP contribution is -3.00. The van der Waals surface area contributed by atoms with Gasteiger partial charge in [-0.1, -0.05) is 6.07 Å². The van der Waals surface area contributed by atoms with Crippen molar-refractivity contribution in [3.8, 4) is 5.75 Å². The van der Waals surface area contributed by atoms with Crippen molar-refractivity contribution in [2.45, 2.75) is 0 Å². The van der Waals surface area contributed by atoms with Crippen molar-refractivity contribution in [3.05, 3.63) is 24.3 Å². The molecule has 1 amide bonds. The molecule has 0 saturated carbocycles. The SMILES string of the molecule is CN(C)C(=O)Oc1cccc([N+](C)(C)C)c1.[I-]. The fraction of sp³-hybridized carbons (Fsp3) is 0.417. The lowest BCUT2D eigenvalue weighted by Gasteiger charge is -2.23. The molecule has 0 atom stereocenters. The quantitative estimate of drug-likeness (QED) is 0.503. The van der Waals surface area contributed by atoms with Gasteiger partial charge in [0.25, 0.3) is 0 Å². The molecule has 96 valence electrons. The van der Waals surface area contributed by atoms with E-state index < -0.39 is 0 Å². The number of nitrogens with zero attached hydrogens (tertiary/aromatic N) is 2. The van der Waals surface area contributed by atoms with Gasteiger partial charge in [-0.15, -0.1) is 0 Å². The smallest absolute Gasteiger partial charge is 0.414 e. The largest absolute Gasteiger partial charge is 1.00 e. The lowest BCUT2D eigenvalue weighted by molar-refractivity contribution is -0.00000873. The summed E-state index contributed by atoms with van der Waals surface area (Å²) in [7, 11) is 9.50. The van der Waals surface area contributed by atoms with E-state index in [9.17, 15) is 4.79 Å². The molecule has 1 rings (SSSR count). The Kier molecular flexibility index (Phi) is 5.91. The maximum atomic E-state index is 11.4. The molecule has 0 radical (unpaired) electrons. The molecule has 17 heavy (non-hydrogen) atoms. The van der Waals surface area contributed by atoms with Crippen molar-refractivity contribution in [3.63, 3.8) is 0 Å². The molecule has 0 bridgehead atoms. The van der Waals surface area contributed by atoms with Gasteiger partial charge < -0.3 is 33.6 Å². The van der Waals surface area contributed by atoms with E-state index in [0.29, 0.717) is 10.2 Å². The van der Waals surface area contributed by atoms with E-state index in [2.05, 4.69) is 21.1 Å². The summed E-state index contributed by atoms with van der Waals surface area (Å²) in [5.41, 5.74) is 1.09. The molecule has 0 unspecified atom stereocenters. The molecule has 0 aliphatic rings. The molecular formula is C12H19IN2O2. The maximum absolute atomic E-state index is 11.4. The summed E-state index contributed by atoms with van der Waals surface area (Å²) in [5.74, 6) is 0.573. The number of amides is 1.